The number of aliphatic hydroxyl groups excluding tert-OH is 1. The first-order valence-electron chi connectivity index (χ1n) is 11.8. The number of aliphatic hydroxyl groups is 1. The highest BCUT2D eigenvalue weighted by Gasteiger charge is 2.48. The smallest absolute Gasteiger partial charge is 0.300 e. The van der Waals surface area contributed by atoms with Crippen LogP contribution in [0.15, 0.2) is 58.5 Å². The average molecular weight is 508 g/mol. The van der Waals surface area contributed by atoms with Gasteiger partial charge in [-0.2, -0.15) is 0 Å². The van der Waals surface area contributed by atoms with Crippen LogP contribution in [0.5, 0.6) is 5.75 Å². The Bertz CT molecular complexity index is 1380. The molecule has 0 bridgehead atoms. The Morgan fingerprint density at radius 3 is 2.39 bits per heavy atom. The van der Waals surface area contributed by atoms with Gasteiger partial charge >= 0.3 is 0 Å². The molecule has 2 aromatic carbocycles. The van der Waals surface area contributed by atoms with E-state index in [4.69, 9.17) is 20.8 Å². The third-order valence-corrected chi connectivity index (χ3v) is 6.68. The minimum absolute atomic E-state index is 0.0462. The molecule has 1 amide bonds. The fourth-order valence-electron chi connectivity index (χ4n) is 4.40. The quantitative estimate of drug-likeness (QED) is 0.231. The normalized spacial score (nSPS) is 17.6. The number of carbonyl (C=O) groups excluding carboxylic acids is 2. The number of benzene rings is 2. The molecule has 1 N–H and O–H groups in total. The number of halogens is 1. The van der Waals surface area contributed by atoms with Gasteiger partial charge in [-0.1, -0.05) is 38.4 Å². The van der Waals surface area contributed by atoms with E-state index in [0.717, 1.165) is 11.1 Å². The first kappa shape index (κ1) is 25.6. The lowest BCUT2D eigenvalue weighted by Gasteiger charge is -2.25. The molecule has 3 aromatic rings. The van der Waals surface area contributed by atoms with E-state index in [1.54, 1.807) is 55.5 Å². The molecule has 0 spiro atoms. The molecule has 7 heteroatoms. The van der Waals surface area contributed by atoms with Crippen molar-refractivity contribution >= 4 is 34.7 Å². The number of nitrogens with zero attached hydrogens (tertiary/aromatic N) is 1. The molecule has 6 nitrogen and oxygen atoms in total. The standard InChI is InChI=1S/C29H30ClNO5/c1-7-35-22-13-10-18(14-20(22)29(4,5)6)26(32)24-25(23-12-9-17(3)36-23)31(28(34)27(24)33)19-11-8-16(2)21(30)15-19/h8-15,25,32H,7H2,1-6H3/b26-24-. The number of ketones is 1. The van der Waals surface area contributed by atoms with Crippen LogP contribution >= 0.6 is 11.6 Å². The molecule has 1 fully saturated rings. The van der Waals surface area contributed by atoms with Gasteiger partial charge in [0.05, 0.1) is 12.2 Å². The van der Waals surface area contributed by atoms with Crippen LogP contribution in [0.25, 0.3) is 5.76 Å². The van der Waals surface area contributed by atoms with E-state index in [1.807, 2.05) is 34.6 Å². The summed E-state index contributed by atoms with van der Waals surface area (Å²) in [5, 5.41) is 12.0. The number of aryl methyl sites for hydroxylation is 2. The van der Waals surface area contributed by atoms with Gasteiger partial charge in [-0.15, -0.1) is 0 Å². The zero-order valence-electron chi connectivity index (χ0n) is 21.3. The highest BCUT2D eigenvalue weighted by Crippen LogP contribution is 2.44. The van der Waals surface area contributed by atoms with Crippen molar-refractivity contribution in [1.29, 1.82) is 0 Å². The maximum Gasteiger partial charge on any atom is 0.300 e. The summed E-state index contributed by atoms with van der Waals surface area (Å²) in [6, 6.07) is 12.9. The van der Waals surface area contributed by atoms with E-state index in [-0.39, 0.29) is 16.7 Å². The largest absolute Gasteiger partial charge is 0.507 e. The fourth-order valence-corrected chi connectivity index (χ4v) is 4.58. The lowest BCUT2D eigenvalue weighted by molar-refractivity contribution is -0.132. The number of hydrogen-bond donors (Lipinski definition) is 1. The first-order valence-corrected chi connectivity index (χ1v) is 12.2. The van der Waals surface area contributed by atoms with E-state index < -0.39 is 17.7 Å². The van der Waals surface area contributed by atoms with Crippen LogP contribution in [0.3, 0.4) is 0 Å². The summed E-state index contributed by atoms with van der Waals surface area (Å²) in [6.45, 7) is 12.2. The van der Waals surface area contributed by atoms with Crippen molar-refractivity contribution in [1.82, 2.24) is 0 Å². The highest BCUT2D eigenvalue weighted by molar-refractivity contribution is 6.51. The molecule has 1 aromatic heterocycles. The lowest BCUT2D eigenvalue weighted by atomic mass is 9.84. The van der Waals surface area contributed by atoms with Gasteiger partial charge in [0, 0.05) is 21.8 Å². The number of Topliss-reactive ketones (excluding diaryl/α,β-unsaturated/α-hetero) is 1. The van der Waals surface area contributed by atoms with Gasteiger partial charge < -0.3 is 14.3 Å². The summed E-state index contributed by atoms with van der Waals surface area (Å²) >= 11 is 6.35. The molecule has 2 heterocycles. The molecule has 1 aliphatic rings. The van der Waals surface area contributed by atoms with Crippen LogP contribution in [0.2, 0.25) is 5.02 Å². The molecule has 1 unspecified atom stereocenters. The maximum absolute atomic E-state index is 13.4. The lowest BCUT2D eigenvalue weighted by Crippen LogP contribution is -2.29. The topological polar surface area (TPSA) is 80.0 Å². The number of carbonyl (C=O) groups is 2. The second-order valence-corrected chi connectivity index (χ2v) is 10.4. The zero-order valence-corrected chi connectivity index (χ0v) is 22.1. The molecule has 188 valence electrons. The third kappa shape index (κ3) is 4.53. The van der Waals surface area contributed by atoms with Crippen molar-refractivity contribution in [2.75, 3.05) is 11.5 Å². The monoisotopic (exact) mass is 507 g/mol. The Morgan fingerprint density at radius 2 is 1.81 bits per heavy atom. The van der Waals surface area contributed by atoms with Crippen LogP contribution < -0.4 is 9.64 Å². The Labute approximate surface area is 216 Å². The predicted octanol–water partition coefficient (Wildman–Crippen LogP) is 6.87. The van der Waals surface area contributed by atoms with Gasteiger partial charge in [-0.3, -0.25) is 14.5 Å². The number of furan rings is 1. The van der Waals surface area contributed by atoms with Crippen molar-refractivity contribution < 1.29 is 23.8 Å². The van der Waals surface area contributed by atoms with E-state index in [9.17, 15) is 14.7 Å². The highest BCUT2D eigenvalue weighted by atomic mass is 35.5. The Morgan fingerprint density at radius 1 is 1.08 bits per heavy atom. The fraction of sp³-hybridized carbons (Fsp3) is 0.310. The van der Waals surface area contributed by atoms with Crippen molar-refractivity contribution in [2.24, 2.45) is 0 Å². The van der Waals surface area contributed by atoms with Gasteiger partial charge in [0.25, 0.3) is 11.7 Å². The van der Waals surface area contributed by atoms with Crippen molar-refractivity contribution in [3.05, 3.63) is 87.3 Å². The molecule has 0 radical (unpaired) electrons. The predicted molar refractivity (Wildman–Crippen MR) is 141 cm³/mol. The number of ether oxygens (including phenoxy) is 1. The van der Waals surface area contributed by atoms with E-state index in [2.05, 4.69) is 0 Å². The van der Waals surface area contributed by atoms with Crippen LogP contribution in [0, 0.1) is 13.8 Å². The Hall–Kier alpha value is -3.51. The average Bonchev–Trinajstić information content (AvgIpc) is 3.36. The minimum atomic E-state index is -0.956. The summed E-state index contributed by atoms with van der Waals surface area (Å²) in [5.74, 6) is -0.149. The van der Waals surface area contributed by atoms with Gasteiger partial charge in [0.1, 0.15) is 29.1 Å². The van der Waals surface area contributed by atoms with E-state index in [0.29, 0.717) is 40.2 Å². The second-order valence-electron chi connectivity index (χ2n) is 9.94. The Kier molecular flexibility index (Phi) is 6.76. The van der Waals surface area contributed by atoms with Crippen LogP contribution in [0.1, 0.15) is 61.9 Å². The zero-order chi connectivity index (χ0) is 26.4. The molecule has 0 saturated carbocycles. The SMILES string of the molecule is CCOc1ccc(/C(O)=C2/C(=O)C(=O)N(c3ccc(C)c(Cl)c3)C2c2ccc(C)o2)cc1C(C)(C)C. The van der Waals surface area contributed by atoms with Gasteiger partial charge in [-0.25, -0.2) is 0 Å². The van der Waals surface area contributed by atoms with Crippen LogP contribution in [-0.4, -0.2) is 23.4 Å². The molecular formula is C29H30ClNO5. The van der Waals surface area contributed by atoms with Gasteiger partial charge in [0.2, 0.25) is 0 Å². The second kappa shape index (κ2) is 9.51. The number of anilines is 1. The number of hydrogen-bond acceptors (Lipinski definition) is 5. The maximum atomic E-state index is 13.4. The summed E-state index contributed by atoms with van der Waals surface area (Å²) < 4.78 is 11.7. The minimum Gasteiger partial charge on any atom is -0.507 e. The van der Waals surface area contributed by atoms with Gasteiger partial charge in [-0.05, 0) is 74.2 Å². The van der Waals surface area contributed by atoms with Gasteiger partial charge in [0.15, 0.2) is 0 Å². The van der Waals surface area contributed by atoms with Crippen molar-refractivity contribution in [3.8, 4) is 5.75 Å². The molecule has 1 atom stereocenters. The van der Waals surface area contributed by atoms with Crippen molar-refractivity contribution in [3.63, 3.8) is 0 Å². The molecular weight excluding hydrogens is 478 g/mol. The molecule has 1 saturated heterocycles. The Balaban J connectivity index is 1.94. The van der Waals surface area contributed by atoms with E-state index in [1.165, 1.54) is 4.90 Å². The molecule has 36 heavy (non-hydrogen) atoms. The first-order chi connectivity index (χ1) is 16.9. The molecule has 0 aliphatic carbocycles. The van der Waals surface area contributed by atoms with Crippen LogP contribution in [0.4, 0.5) is 5.69 Å². The summed E-state index contributed by atoms with van der Waals surface area (Å²) in [5.41, 5.74) is 2.23. The summed E-state index contributed by atoms with van der Waals surface area (Å²) in [7, 11) is 0. The van der Waals surface area contributed by atoms with Crippen molar-refractivity contribution in [2.45, 2.75) is 53.0 Å². The third-order valence-electron chi connectivity index (χ3n) is 6.27. The molecule has 4 rings (SSSR count). The number of rotatable bonds is 5. The molecule has 1 aliphatic heterocycles. The summed E-state index contributed by atoms with van der Waals surface area (Å²) in [4.78, 5) is 28.0. The van der Waals surface area contributed by atoms with Crippen LogP contribution in [-0.2, 0) is 15.0 Å². The van der Waals surface area contributed by atoms with E-state index >= 15 is 0 Å². The summed E-state index contributed by atoms with van der Waals surface area (Å²) in [6.07, 6.45) is 0. The number of amides is 1.